The number of benzene rings is 1. The summed E-state index contributed by atoms with van der Waals surface area (Å²) in [6.07, 6.45) is 0. The van der Waals surface area contributed by atoms with Gasteiger partial charge in [-0.05, 0) is 30.9 Å². The molecule has 0 fully saturated rings. The van der Waals surface area contributed by atoms with Crippen molar-refractivity contribution < 1.29 is 9.90 Å². The van der Waals surface area contributed by atoms with E-state index in [4.69, 9.17) is 0 Å². The number of halogens is 1. The minimum absolute atomic E-state index is 0.000967. The Hall–Kier alpha value is -0.680. The van der Waals surface area contributed by atoms with Gasteiger partial charge < -0.3 is 10.4 Å². The molecule has 0 saturated carbocycles. The Balaban J connectivity index is 2.66. The molecule has 2 N–H and O–H groups in total. The van der Waals surface area contributed by atoms with Crippen molar-refractivity contribution in [3.63, 3.8) is 0 Å². The molecule has 1 aromatic rings. The van der Waals surface area contributed by atoms with Crippen molar-refractivity contribution in [2.24, 2.45) is 0 Å². The third-order valence-corrected chi connectivity index (χ3v) is 3.79. The SMILES string of the molecule is CCSCC(C)NC(=O)c1cc(Br)ccc1O. The number of phenols is 1. The lowest BCUT2D eigenvalue weighted by molar-refractivity contribution is 0.0941. The van der Waals surface area contributed by atoms with E-state index in [1.54, 1.807) is 23.9 Å². The van der Waals surface area contributed by atoms with Crippen molar-refractivity contribution in [2.45, 2.75) is 19.9 Å². The summed E-state index contributed by atoms with van der Waals surface area (Å²) in [5.41, 5.74) is 0.299. The summed E-state index contributed by atoms with van der Waals surface area (Å²) in [5, 5.41) is 12.5. The van der Waals surface area contributed by atoms with Gasteiger partial charge in [-0.25, -0.2) is 0 Å². The van der Waals surface area contributed by atoms with Gasteiger partial charge in [0.15, 0.2) is 0 Å². The first-order chi connectivity index (χ1) is 8.04. The van der Waals surface area contributed by atoms with Gasteiger partial charge in [0.25, 0.3) is 5.91 Å². The molecule has 1 amide bonds. The summed E-state index contributed by atoms with van der Waals surface area (Å²) in [4.78, 5) is 11.9. The summed E-state index contributed by atoms with van der Waals surface area (Å²) in [6, 6.07) is 4.91. The number of aromatic hydroxyl groups is 1. The summed E-state index contributed by atoms with van der Waals surface area (Å²) in [6.45, 7) is 4.04. The second kappa shape index (κ2) is 6.91. The van der Waals surface area contributed by atoms with Crippen LogP contribution in [-0.4, -0.2) is 28.6 Å². The molecule has 3 nitrogen and oxygen atoms in total. The van der Waals surface area contributed by atoms with Crippen LogP contribution in [0.5, 0.6) is 5.75 Å². The topological polar surface area (TPSA) is 49.3 Å². The minimum Gasteiger partial charge on any atom is -0.507 e. The number of hydrogen-bond donors (Lipinski definition) is 2. The Morgan fingerprint density at radius 1 is 1.59 bits per heavy atom. The molecule has 5 heteroatoms. The molecule has 1 aromatic carbocycles. The van der Waals surface area contributed by atoms with Crippen molar-refractivity contribution in [3.8, 4) is 5.75 Å². The summed E-state index contributed by atoms with van der Waals surface area (Å²) in [5.74, 6) is 1.66. The van der Waals surface area contributed by atoms with Crippen molar-refractivity contribution in [1.82, 2.24) is 5.32 Å². The Morgan fingerprint density at radius 3 is 2.94 bits per heavy atom. The van der Waals surface area contributed by atoms with Gasteiger partial charge >= 0.3 is 0 Å². The van der Waals surface area contributed by atoms with Crippen LogP contribution in [0.15, 0.2) is 22.7 Å². The third-order valence-electron chi connectivity index (χ3n) is 2.15. The average Bonchev–Trinajstić information content (AvgIpc) is 2.29. The lowest BCUT2D eigenvalue weighted by Gasteiger charge is -2.13. The minimum atomic E-state index is -0.243. The Morgan fingerprint density at radius 2 is 2.29 bits per heavy atom. The van der Waals surface area contributed by atoms with Gasteiger partial charge in [0.2, 0.25) is 0 Å². The van der Waals surface area contributed by atoms with Gasteiger partial charge in [-0.3, -0.25) is 4.79 Å². The number of thioether (sulfide) groups is 1. The Bertz CT molecular complexity index is 398. The van der Waals surface area contributed by atoms with Crippen LogP contribution in [0.4, 0.5) is 0 Å². The van der Waals surface area contributed by atoms with E-state index in [1.807, 2.05) is 6.92 Å². The van der Waals surface area contributed by atoms with Crippen molar-refractivity contribution in [3.05, 3.63) is 28.2 Å². The van der Waals surface area contributed by atoms with E-state index >= 15 is 0 Å². The fourth-order valence-corrected chi connectivity index (χ4v) is 2.36. The highest BCUT2D eigenvalue weighted by molar-refractivity contribution is 9.10. The maximum absolute atomic E-state index is 11.9. The van der Waals surface area contributed by atoms with Gasteiger partial charge in [0.05, 0.1) is 5.56 Å². The molecule has 0 aliphatic rings. The Kier molecular flexibility index (Phi) is 5.85. The molecule has 0 aliphatic heterocycles. The second-order valence-electron chi connectivity index (χ2n) is 3.70. The number of phenolic OH excluding ortho intramolecular Hbond substituents is 1. The molecular formula is C12H16BrNO2S. The number of rotatable bonds is 5. The van der Waals surface area contributed by atoms with Gasteiger partial charge in [0.1, 0.15) is 5.75 Å². The standard InChI is InChI=1S/C12H16BrNO2S/c1-3-17-7-8(2)14-12(16)10-6-9(13)4-5-11(10)15/h4-6,8,15H,3,7H2,1-2H3,(H,14,16). The maximum Gasteiger partial charge on any atom is 0.255 e. The highest BCUT2D eigenvalue weighted by atomic mass is 79.9. The van der Waals surface area contributed by atoms with Crippen molar-refractivity contribution in [2.75, 3.05) is 11.5 Å². The molecule has 1 unspecified atom stereocenters. The summed E-state index contributed by atoms with van der Waals surface area (Å²) >= 11 is 5.05. The van der Waals surface area contributed by atoms with Crippen molar-refractivity contribution in [1.29, 1.82) is 0 Å². The van der Waals surface area contributed by atoms with Crippen LogP contribution in [0, 0.1) is 0 Å². The molecule has 0 aliphatic carbocycles. The van der Waals surface area contributed by atoms with Gasteiger partial charge in [-0.2, -0.15) is 11.8 Å². The molecule has 1 rings (SSSR count). The summed E-state index contributed by atoms with van der Waals surface area (Å²) < 4.78 is 0.774. The second-order valence-corrected chi connectivity index (χ2v) is 5.93. The molecular weight excluding hydrogens is 302 g/mol. The van der Waals surface area contributed by atoms with Crippen LogP contribution in [-0.2, 0) is 0 Å². The lowest BCUT2D eigenvalue weighted by Crippen LogP contribution is -2.34. The maximum atomic E-state index is 11.9. The van der Waals surface area contributed by atoms with Crippen LogP contribution in [0.3, 0.4) is 0 Å². The van der Waals surface area contributed by atoms with Crippen LogP contribution in [0.25, 0.3) is 0 Å². The zero-order valence-corrected chi connectivity index (χ0v) is 12.3. The number of hydrogen-bond acceptors (Lipinski definition) is 3. The van der Waals surface area contributed by atoms with Crippen LogP contribution >= 0.6 is 27.7 Å². The number of carbonyl (C=O) groups excluding carboxylic acids is 1. The first-order valence-corrected chi connectivity index (χ1v) is 7.36. The predicted molar refractivity (Wildman–Crippen MR) is 75.7 cm³/mol. The largest absolute Gasteiger partial charge is 0.507 e. The zero-order chi connectivity index (χ0) is 12.8. The Labute approximate surface area is 114 Å². The molecule has 17 heavy (non-hydrogen) atoms. The zero-order valence-electron chi connectivity index (χ0n) is 9.87. The number of carbonyl (C=O) groups is 1. The molecule has 0 bridgehead atoms. The highest BCUT2D eigenvalue weighted by Crippen LogP contribution is 2.21. The fourth-order valence-electron chi connectivity index (χ4n) is 1.33. The quantitative estimate of drug-likeness (QED) is 0.877. The van der Waals surface area contributed by atoms with E-state index in [0.717, 1.165) is 16.0 Å². The molecule has 0 heterocycles. The molecule has 0 aromatic heterocycles. The summed E-state index contributed by atoms with van der Waals surface area (Å²) in [7, 11) is 0. The smallest absolute Gasteiger partial charge is 0.255 e. The lowest BCUT2D eigenvalue weighted by atomic mass is 10.2. The van der Waals surface area contributed by atoms with E-state index in [1.165, 1.54) is 6.07 Å². The predicted octanol–water partition coefficient (Wildman–Crippen LogP) is 3.03. The van der Waals surface area contributed by atoms with E-state index in [9.17, 15) is 9.90 Å². The van der Waals surface area contributed by atoms with Gasteiger partial charge in [-0.15, -0.1) is 0 Å². The van der Waals surface area contributed by atoms with E-state index in [-0.39, 0.29) is 17.7 Å². The number of amides is 1. The average molecular weight is 318 g/mol. The molecule has 0 spiro atoms. The van der Waals surface area contributed by atoms with E-state index in [2.05, 4.69) is 28.2 Å². The first kappa shape index (κ1) is 14.4. The van der Waals surface area contributed by atoms with Gasteiger partial charge in [-0.1, -0.05) is 22.9 Å². The fraction of sp³-hybridized carbons (Fsp3) is 0.417. The van der Waals surface area contributed by atoms with Crippen LogP contribution in [0.1, 0.15) is 24.2 Å². The molecule has 0 radical (unpaired) electrons. The van der Waals surface area contributed by atoms with Gasteiger partial charge in [0, 0.05) is 16.3 Å². The van der Waals surface area contributed by atoms with Crippen molar-refractivity contribution >= 4 is 33.6 Å². The molecule has 94 valence electrons. The molecule has 0 saturated heterocycles. The van der Waals surface area contributed by atoms with Crippen LogP contribution in [0.2, 0.25) is 0 Å². The van der Waals surface area contributed by atoms with Crippen LogP contribution < -0.4 is 5.32 Å². The normalized spacial score (nSPS) is 12.2. The molecule has 1 atom stereocenters. The first-order valence-electron chi connectivity index (χ1n) is 5.41. The third kappa shape index (κ3) is 4.60. The van der Waals surface area contributed by atoms with E-state index < -0.39 is 0 Å². The monoisotopic (exact) mass is 317 g/mol. The highest BCUT2D eigenvalue weighted by Gasteiger charge is 2.13. The number of nitrogens with one attached hydrogen (secondary N) is 1. The van der Waals surface area contributed by atoms with E-state index in [0.29, 0.717) is 5.56 Å².